The lowest BCUT2D eigenvalue weighted by atomic mass is 10.0. The number of rotatable bonds is 4. The number of aliphatic hydroxyl groups excluding tert-OH is 1. The van der Waals surface area contributed by atoms with Crippen molar-refractivity contribution in [2.24, 2.45) is 0 Å². The Hall–Kier alpha value is -1.94. The second kappa shape index (κ2) is 5.80. The van der Waals surface area contributed by atoms with Gasteiger partial charge in [0, 0.05) is 11.3 Å². The zero-order valence-electron chi connectivity index (χ0n) is 11.5. The average molecular weight is 258 g/mol. The molecule has 0 radical (unpaired) electrons. The maximum absolute atomic E-state index is 9.20. The van der Waals surface area contributed by atoms with Crippen LogP contribution in [0, 0.1) is 6.92 Å². The van der Waals surface area contributed by atoms with E-state index in [-0.39, 0.29) is 6.61 Å². The van der Waals surface area contributed by atoms with Crippen LogP contribution in [0.3, 0.4) is 0 Å². The summed E-state index contributed by atoms with van der Waals surface area (Å²) in [7, 11) is 1.64. The second-order valence-corrected chi connectivity index (χ2v) is 4.36. The van der Waals surface area contributed by atoms with Crippen LogP contribution in [0.1, 0.15) is 24.0 Å². The van der Waals surface area contributed by atoms with Crippen LogP contribution in [0.15, 0.2) is 24.3 Å². The average Bonchev–Trinajstić information content (AvgIpc) is 2.45. The fourth-order valence-corrected chi connectivity index (χ4v) is 2.01. The summed E-state index contributed by atoms with van der Waals surface area (Å²) in [6, 6.07) is 7.96. The van der Waals surface area contributed by atoms with Crippen molar-refractivity contribution in [3.05, 3.63) is 41.3 Å². The monoisotopic (exact) mass is 258 g/mol. The van der Waals surface area contributed by atoms with E-state index in [1.807, 2.05) is 25.1 Å². The maximum Gasteiger partial charge on any atom is 0.154 e. The molecule has 1 aromatic heterocycles. The molecule has 2 rings (SSSR count). The summed E-state index contributed by atoms with van der Waals surface area (Å²) in [4.78, 5) is 8.54. The molecule has 1 aromatic carbocycles. The van der Waals surface area contributed by atoms with Gasteiger partial charge in [0.25, 0.3) is 0 Å². The van der Waals surface area contributed by atoms with Gasteiger partial charge < -0.3 is 9.84 Å². The molecule has 1 N–H and O–H groups in total. The maximum atomic E-state index is 9.20. The van der Waals surface area contributed by atoms with Gasteiger partial charge >= 0.3 is 0 Å². The number of hydrogen-bond donors (Lipinski definition) is 1. The molecular weight excluding hydrogens is 240 g/mol. The summed E-state index contributed by atoms with van der Waals surface area (Å²) in [6.07, 6.45) is 0.952. The lowest BCUT2D eigenvalue weighted by Gasteiger charge is -2.11. The van der Waals surface area contributed by atoms with E-state index in [9.17, 15) is 5.11 Å². The third-order valence-electron chi connectivity index (χ3n) is 2.99. The fourth-order valence-electron chi connectivity index (χ4n) is 2.01. The van der Waals surface area contributed by atoms with Crippen molar-refractivity contribution < 1.29 is 9.84 Å². The molecule has 4 heteroatoms. The Morgan fingerprint density at radius 1 is 1.21 bits per heavy atom. The van der Waals surface area contributed by atoms with Crippen LogP contribution in [-0.4, -0.2) is 22.2 Å². The first kappa shape index (κ1) is 13.5. The van der Waals surface area contributed by atoms with Crippen molar-refractivity contribution in [1.29, 1.82) is 0 Å². The summed E-state index contributed by atoms with van der Waals surface area (Å²) < 4.78 is 5.39. The predicted molar refractivity (Wildman–Crippen MR) is 74.1 cm³/mol. The van der Waals surface area contributed by atoms with Crippen molar-refractivity contribution in [1.82, 2.24) is 9.97 Å². The first-order valence-electron chi connectivity index (χ1n) is 6.30. The molecule has 0 saturated carbocycles. The minimum absolute atomic E-state index is 0.162. The number of hydrogen-bond acceptors (Lipinski definition) is 4. The van der Waals surface area contributed by atoms with Crippen LogP contribution in [-0.2, 0) is 13.0 Å². The van der Waals surface area contributed by atoms with Gasteiger partial charge in [-0.15, -0.1) is 0 Å². The Kier molecular flexibility index (Phi) is 4.12. The van der Waals surface area contributed by atoms with Crippen molar-refractivity contribution in [3.8, 4) is 17.0 Å². The Morgan fingerprint density at radius 3 is 2.63 bits per heavy atom. The normalized spacial score (nSPS) is 10.5. The first-order valence-corrected chi connectivity index (χ1v) is 6.30. The highest BCUT2D eigenvalue weighted by Crippen LogP contribution is 2.30. The SMILES string of the molecule is CCc1ccc(OC)c(-c2cc(C)nc(CO)n2)c1. The first-order chi connectivity index (χ1) is 9.17. The molecular formula is C15H18N2O2. The summed E-state index contributed by atoms with van der Waals surface area (Å²) >= 11 is 0. The molecule has 0 aliphatic heterocycles. The van der Waals surface area contributed by atoms with Gasteiger partial charge in [0.2, 0.25) is 0 Å². The topological polar surface area (TPSA) is 55.2 Å². The number of ether oxygens (including phenoxy) is 1. The molecule has 0 aliphatic carbocycles. The third-order valence-corrected chi connectivity index (χ3v) is 2.99. The zero-order chi connectivity index (χ0) is 13.8. The lowest BCUT2D eigenvalue weighted by molar-refractivity contribution is 0.271. The van der Waals surface area contributed by atoms with E-state index in [4.69, 9.17) is 4.74 Å². The minimum Gasteiger partial charge on any atom is -0.496 e. The van der Waals surface area contributed by atoms with E-state index >= 15 is 0 Å². The van der Waals surface area contributed by atoms with Gasteiger partial charge in [0.15, 0.2) is 5.82 Å². The highest BCUT2D eigenvalue weighted by Gasteiger charge is 2.10. The lowest BCUT2D eigenvalue weighted by Crippen LogP contribution is -2.00. The van der Waals surface area contributed by atoms with Crippen LogP contribution in [0.2, 0.25) is 0 Å². The summed E-state index contributed by atoms with van der Waals surface area (Å²) in [6.45, 7) is 3.83. The zero-order valence-corrected chi connectivity index (χ0v) is 11.5. The Labute approximate surface area is 113 Å². The molecule has 0 bridgehead atoms. The molecule has 0 spiro atoms. The molecule has 19 heavy (non-hydrogen) atoms. The number of aromatic nitrogens is 2. The predicted octanol–water partition coefficient (Wildman–Crippen LogP) is 2.52. The molecule has 100 valence electrons. The van der Waals surface area contributed by atoms with Gasteiger partial charge in [-0.05, 0) is 37.1 Å². The summed E-state index contributed by atoms with van der Waals surface area (Å²) in [5, 5.41) is 9.20. The number of aryl methyl sites for hydroxylation is 2. The smallest absolute Gasteiger partial charge is 0.154 e. The molecule has 0 unspecified atom stereocenters. The number of aliphatic hydroxyl groups is 1. The number of methoxy groups -OCH3 is 1. The van der Waals surface area contributed by atoms with Crippen molar-refractivity contribution >= 4 is 0 Å². The van der Waals surface area contributed by atoms with Gasteiger partial charge in [-0.2, -0.15) is 0 Å². The number of benzene rings is 1. The molecule has 0 amide bonds. The van der Waals surface area contributed by atoms with Crippen molar-refractivity contribution in [3.63, 3.8) is 0 Å². The molecule has 0 saturated heterocycles. The van der Waals surface area contributed by atoms with E-state index in [0.717, 1.165) is 29.1 Å². The van der Waals surface area contributed by atoms with Gasteiger partial charge in [-0.1, -0.05) is 13.0 Å². The summed E-state index contributed by atoms with van der Waals surface area (Å²) in [5.74, 6) is 1.21. The minimum atomic E-state index is -0.162. The van der Waals surface area contributed by atoms with Crippen molar-refractivity contribution in [2.45, 2.75) is 26.9 Å². The highest BCUT2D eigenvalue weighted by atomic mass is 16.5. The largest absolute Gasteiger partial charge is 0.496 e. The van der Waals surface area contributed by atoms with Gasteiger partial charge in [-0.25, -0.2) is 9.97 Å². The van der Waals surface area contributed by atoms with Crippen LogP contribution in [0.4, 0.5) is 0 Å². The Bertz CT molecular complexity index is 582. The fraction of sp³-hybridized carbons (Fsp3) is 0.333. The molecule has 1 heterocycles. The van der Waals surface area contributed by atoms with Crippen LogP contribution in [0.25, 0.3) is 11.3 Å². The molecule has 0 fully saturated rings. The second-order valence-electron chi connectivity index (χ2n) is 4.36. The van der Waals surface area contributed by atoms with E-state index in [1.165, 1.54) is 5.56 Å². The molecule has 0 atom stereocenters. The van der Waals surface area contributed by atoms with E-state index < -0.39 is 0 Å². The van der Waals surface area contributed by atoms with Crippen LogP contribution in [0.5, 0.6) is 5.75 Å². The highest BCUT2D eigenvalue weighted by molar-refractivity contribution is 5.68. The van der Waals surface area contributed by atoms with E-state index in [0.29, 0.717) is 5.82 Å². The Balaban J connectivity index is 2.59. The molecule has 0 aliphatic rings. The van der Waals surface area contributed by atoms with Gasteiger partial charge in [0.1, 0.15) is 12.4 Å². The number of nitrogens with zero attached hydrogens (tertiary/aromatic N) is 2. The summed E-state index contributed by atoms with van der Waals surface area (Å²) in [5.41, 5.74) is 3.77. The van der Waals surface area contributed by atoms with Gasteiger partial charge in [0.05, 0.1) is 12.8 Å². The van der Waals surface area contributed by atoms with Crippen LogP contribution < -0.4 is 4.74 Å². The Morgan fingerprint density at radius 2 is 2.00 bits per heavy atom. The molecule has 2 aromatic rings. The van der Waals surface area contributed by atoms with Crippen LogP contribution >= 0.6 is 0 Å². The standard InChI is InChI=1S/C15H18N2O2/c1-4-11-5-6-14(19-3)12(8-11)13-7-10(2)16-15(9-18)17-13/h5-8,18H,4,9H2,1-3H3. The molecule has 4 nitrogen and oxygen atoms in total. The van der Waals surface area contributed by atoms with Gasteiger partial charge in [-0.3, -0.25) is 0 Å². The van der Waals surface area contributed by atoms with E-state index in [2.05, 4.69) is 23.0 Å². The third kappa shape index (κ3) is 2.90. The van der Waals surface area contributed by atoms with Crippen molar-refractivity contribution in [2.75, 3.05) is 7.11 Å². The quantitative estimate of drug-likeness (QED) is 0.915. The van der Waals surface area contributed by atoms with E-state index in [1.54, 1.807) is 7.11 Å².